The van der Waals surface area contributed by atoms with Gasteiger partial charge in [0.15, 0.2) is 0 Å². The van der Waals surface area contributed by atoms with E-state index in [-0.39, 0.29) is 5.75 Å². The molecular weight excluding hydrogens is 293 g/mol. The molecule has 1 heterocycles. The highest BCUT2D eigenvalue weighted by Crippen LogP contribution is 2.35. The number of nitrogens with zero attached hydrogens (tertiary/aromatic N) is 2. The zero-order valence-electron chi connectivity index (χ0n) is 11.8. The number of hydrogen-bond donors (Lipinski definition) is 0. The molecule has 0 N–H and O–H groups in total. The van der Waals surface area contributed by atoms with Crippen molar-refractivity contribution >= 4 is 6.08 Å². The number of halogens is 3. The van der Waals surface area contributed by atoms with Gasteiger partial charge in [-0.15, -0.1) is 13.2 Å². The first-order valence-electron chi connectivity index (χ1n) is 6.99. The fraction of sp³-hybridized carbons (Fsp3) is 0.312. The van der Waals surface area contributed by atoms with Crippen LogP contribution in [0, 0.1) is 5.92 Å². The molecule has 1 aliphatic carbocycles. The Bertz CT molecular complexity index is 687. The van der Waals surface area contributed by atoms with Gasteiger partial charge in [0.05, 0.1) is 6.20 Å². The molecule has 0 spiro atoms. The van der Waals surface area contributed by atoms with Crippen LogP contribution in [0.4, 0.5) is 13.2 Å². The average Bonchev–Trinajstić information content (AvgIpc) is 3.14. The summed E-state index contributed by atoms with van der Waals surface area (Å²) in [5.41, 5.74) is 1.68. The third-order valence-corrected chi connectivity index (χ3v) is 3.55. The number of hydrogen-bond acceptors (Lipinski definition) is 2. The van der Waals surface area contributed by atoms with Gasteiger partial charge in [-0.2, -0.15) is 5.10 Å². The van der Waals surface area contributed by atoms with E-state index in [0.717, 1.165) is 12.1 Å². The van der Waals surface area contributed by atoms with Crippen LogP contribution in [-0.4, -0.2) is 16.1 Å². The maximum atomic E-state index is 12.5. The van der Waals surface area contributed by atoms with Crippen LogP contribution in [0.15, 0.2) is 37.2 Å². The van der Waals surface area contributed by atoms with Crippen molar-refractivity contribution < 1.29 is 17.9 Å². The Hall–Kier alpha value is -2.24. The van der Waals surface area contributed by atoms with E-state index in [2.05, 4.69) is 16.4 Å². The lowest BCUT2D eigenvalue weighted by Gasteiger charge is -2.13. The van der Waals surface area contributed by atoms with Crippen LogP contribution in [0.5, 0.6) is 5.75 Å². The van der Waals surface area contributed by atoms with Crippen LogP contribution in [0.1, 0.15) is 18.4 Å². The lowest BCUT2D eigenvalue weighted by atomic mass is 10.0. The van der Waals surface area contributed by atoms with Crippen molar-refractivity contribution in [3.05, 3.63) is 42.7 Å². The molecule has 3 nitrogen and oxygen atoms in total. The fourth-order valence-corrected chi connectivity index (χ4v) is 2.28. The maximum Gasteiger partial charge on any atom is 0.573 e. The molecule has 0 saturated heterocycles. The van der Waals surface area contributed by atoms with E-state index in [1.807, 2.05) is 0 Å². The summed E-state index contributed by atoms with van der Waals surface area (Å²) in [6.45, 7) is 4.44. The predicted molar refractivity (Wildman–Crippen MR) is 77.2 cm³/mol. The van der Waals surface area contributed by atoms with E-state index in [0.29, 0.717) is 17.0 Å². The first-order chi connectivity index (χ1) is 10.4. The van der Waals surface area contributed by atoms with Crippen LogP contribution in [-0.2, 0) is 6.54 Å². The van der Waals surface area contributed by atoms with Gasteiger partial charge < -0.3 is 4.74 Å². The molecule has 1 aromatic carbocycles. The second kappa shape index (κ2) is 5.51. The Morgan fingerprint density at radius 2 is 2.14 bits per heavy atom. The molecule has 1 saturated carbocycles. The number of benzene rings is 1. The Morgan fingerprint density at radius 1 is 1.36 bits per heavy atom. The molecule has 0 amide bonds. The van der Waals surface area contributed by atoms with Gasteiger partial charge >= 0.3 is 6.36 Å². The Morgan fingerprint density at radius 3 is 2.77 bits per heavy atom. The summed E-state index contributed by atoms with van der Waals surface area (Å²) < 4.78 is 43.5. The normalized spacial score (nSPS) is 14.9. The van der Waals surface area contributed by atoms with Crippen LogP contribution >= 0.6 is 0 Å². The molecule has 22 heavy (non-hydrogen) atoms. The number of ether oxygens (including phenoxy) is 1. The summed E-state index contributed by atoms with van der Waals surface area (Å²) in [5.74, 6) is 0.405. The van der Waals surface area contributed by atoms with Crippen molar-refractivity contribution in [2.45, 2.75) is 25.7 Å². The second-order valence-electron chi connectivity index (χ2n) is 5.40. The average molecular weight is 308 g/mol. The monoisotopic (exact) mass is 308 g/mol. The molecule has 1 aliphatic rings. The first-order valence-corrected chi connectivity index (χ1v) is 6.99. The SMILES string of the molecule is C=Cc1ccc(OC(F)(F)F)c(-c2cnn(CC3CC3)c2)c1. The van der Waals surface area contributed by atoms with Crippen LogP contribution in [0.3, 0.4) is 0 Å². The molecule has 0 unspecified atom stereocenters. The third kappa shape index (κ3) is 3.50. The standard InChI is InChI=1S/C16H15F3N2O/c1-2-11-5-6-15(22-16(17,18)19)14(7-11)13-8-20-21(10-13)9-12-3-4-12/h2,5-8,10,12H,1,3-4,9H2. The quantitative estimate of drug-likeness (QED) is 0.813. The number of rotatable bonds is 5. The van der Waals surface area contributed by atoms with Gasteiger partial charge in [-0.05, 0) is 36.5 Å². The minimum atomic E-state index is -4.73. The molecule has 0 bridgehead atoms. The summed E-state index contributed by atoms with van der Waals surface area (Å²) in [6.07, 6.45) is 2.54. The topological polar surface area (TPSA) is 27.1 Å². The Balaban J connectivity index is 1.95. The van der Waals surface area contributed by atoms with Gasteiger partial charge in [0.2, 0.25) is 0 Å². The lowest BCUT2D eigenvalue weighted by Crippen LogP contribution is -2.17. The highest BCUT2D eigenvalue weighted by atomic mass is 19.4. The summed E-state index contributed by atoms with van der Waals surface area (Å²) >= 11 is 0. The summed E-state index contributed by atoms with van der Waals surface area (Å²) in [5, 5.41) is 4.22. The first kappa shape index (κ1) is 14.7. The molecular formula is C16H15F3N2O. The van der Waals surface area contributed by atoms with E-state index in [9.17, 15) is 13.2 Å². The molecule has 6 heteroatoms. The molecule has 116 valence electrons. The number of alkyl halides is 3. The number of aromatic nitrogens is 2. The minimum absolute atomic E-state index is 0.232. The zero-order chi connectivity index (χ0) is 15.7. The van der Waals surface area contributed by atoms with Gasteiger partial charge in [0, 0.05) is 23.9 Å². The Kier molecular flexibility index (Phi) is 3.68. The van der Waals surface area contributed by atoms with Crippen molar-refractivity contribution in [3.63, 3.8) is 0 Å². The highest BCUT2D eigenvalue weighted by molar-refractivity contribution is 5.72. The van der Waals surface area contributed by atoms with Gasteiger partial charge in [0.1, 0.15) is 5.75 Å². The molecule has 1 aromatic heterocycles. The smallest absolute Gasteiger partial charge is 0.405 e. The maximum absolute atomic E-state index is 12.5. The summed E-state index contributed by atoms with van der Waals surface area (Å²) in [7, 11) is 0. The minimum Gasteiger partial charge on any atom is -0.405 e. The van der Waals surface area contributed by atoms with E-state index < -0.39 is 6.36 Å². The molecule has 0 radical (unpaired) electrons. The van der Waals surface area contributed by atoms with Gasteiger partial charge in [-0.25, -0.2) is 0 Å². The van der Waals surface area contributed by atoms with Crippen molar-refractivity contribution in [1.82, 2.24) is 9.78 Å². The Labute approximate surface area is 126 Å². The van der Waals surface area contributed by atoms with E-state index in [1.165, 1.54) is 25.0 Å². The largest absolute Gasteiger partial charge is 0.573 e. The molecule has 0 atom stereocenters. The van der Waals surface area contributed by atoms with E-state index >= 15 is 0 Å². The molecule has 1 fully saturated rings. The lowest BCUT2D eigenvalue weighted by molar-refractivity contribution is -0.274. The predicted octanol–water partition coefficient (Wildman–Crippen LogP) is 4.50. The molecule has 3 rings (SSSR count). The summed E-state index contributed by atoms with van der Waals surface area (Å²) in [4.78, 5) is 0. The van der Waals surface area contributed by atoms with Crippen LogP contribution in [0.2, 0.25) is 0 Å². The second-order valence-corrected chi connectivity index (χ2v) is 5.40. The van der Waals surface area contributed by atoms with Gasteiger partial charge in [0.25, 0.3) is 0 Å². The van der Waals surface area contributed by atoms with Crippen molar-refractivity contribution in [2.75, 3.05) is 0 Å². The highest BCUT2D eigenvalue weighted by Gasteiger charge is 2.32. The van der Waals surface area contributed by atoms with Gasteiger partial charge in [-0.1, -0.05) is 18.7 Å². The van der Waals surface area contributed by atoms with Crippen LogP contribution in [0.25, 0.3) is 17.2 Å². The van der Waals surface area contributed by atoms with E-state index in [4.69, 9.17) is 0 Å². The van der Waals surface area contributed by atoms with Crippen LogP contribution < -0.4 is 4.74 Å². The van der Waals surface area contributed by atoms with Gasteiger partial charge in [-0.3, -0.25) is 4.68 Å². The van der Waals surface area contributed by atoms with E-state index in [1.54, 1.807) is 29.2 Å². The third-order valence-electron chi connectivity index (χ3n) is 3.55. The zero-order valence-corrected chi connectivity index (χ0v) is 11.8. The summed E-state index contributed by atoms with van der Waals surface area (Å²) in [6, 6.07) is 4.46. The van der Waals surface area contributed by atoms with Crippen molar-refractivity contribution in [1.29, 1.82) is 0 Å². The fourth-order valence-electron chi connectivity index (χ4n) is 2.28. The van der Waals surface area contributed by atoms with Crippen molar-refractivity contribution in [2.24, 2.45) is 5.92 Å². The molecule has 0 aliphatic heterocycles. The van der Waals surface area contributed by atoms with Crippen molar-refractivity contribution in [3.8, 4) is 16.9 Å². The molecule has 2 aromatic rings.